The Bertz CT molecular complexity index is 382. The van der Waals surface area contributed by atoms with E-state index in [1.54, 1.807) is 0 Å². The van der Waals surface area contributed by atoms with Crippen LogP contribution < -0.4 is 10.2 Å². The fourth-order valence-electron chi connectivity index (χ4n) is 1.12. The third-order valence-corrected chi connectivity index (χ3v) is 1.76. The van der Waals surface area contributed by atoms with Gasteiger partial charge in [0.15, 0.2) is 0 Å². The van der Waals surface area contributed by atoms with Crippen LogP contribution in [0.5, 0.6) is 0 Å². The minimum Gasteiger partial charge on any atom is -0.549 e. The van der Waals surface area contributed by atoms with Crippen LogP contribution in [-0.2, 0) is 9.59 Å². The third kappa shape index (κ3) is 2.09. The molecule has 0 atom stereocenters. The Morgan fingerprint density at radius 3 is 1.80 bits per heavy atom. The molecule has 1 aromatic carbocycles. The van der Waals surface area contributed by atoms with Gasteiger partial charge in [-0.25, -0.2) is 8.78 Å². The Morgan fingerprint density at radius 2 is 1.47 bits per heavy atom. The molecule has 6 heteroatoms. The molecule has 0 unspecified atom stereocenters. The molecule has 0 heterocycles. The second-order valence-corrected chi connectivity index (χ2v) is 2.71. The van der Waals surface area contributed by atoms with Gasteiger partial charge in [0.25, 0.3) is 0 Å². The molecule has 15 heavy (non-hydrogen) atoms. The van der Waals surface area contributed by atoms with Crippen molar-refractivity contribution in [2.45, 2.75) is 5.92 Å². The molecule has 80 valence electrons. The number of benzene rings is 1. The van der Waals surface area contributed by atoms with Gasteiger partial charge in [-0.1, -0.05) is 6.07 Å². The second kappa shape index (κ2) is 4.04. The van der Waals surface area contributed by atoms with E-state index < -0.39 is 35.1 Å². The van der Waals surface area contributed by atoms with Gasteiger partial charge >= 0.3 is 0 Å². The average molecular weight is 214 g/mol. The SMILES string of the molecule is O=C([O-])C(C(=O)[O-])c1c(F)cccc1F. The van der Waals surface area contributed by atoms with E-state index in [0.29, 0.717) is 0 Å². The molecule has 0 spiro atoms. The number of hydrogen-bond donors (Lipinski definition) is 0. The third-order valence-electron chi connectivity index (χ3n) is 1.76. The smallest absolute Gasteiger partial charge is 0.130 e. The predicted octanol–water partition coefficient (Wildman–Crippen LogP) is -1.45. The Labute approximate surface area is 82.8 Å². The summed E-state index contributed by atoms with van der Waals surface area (Å²) in [7, 11) is 0. The van der Waals surface area contributed by atoms with Crippen LogP contribution in [0.3, 0.4) is 0 Å². The molecule has 0 amide bonds. The van der Waals surface area contributed by atoms with Crippen LogP contribution >= 0.6 is 0 Å². The van der Waals surface area contributed by atoms with Crippen molar-refractivity contribution in [1.29, 1.82) is 0 Å². The van der Waals surface area contributed by atoms with Crippen molar-refractivity contribution in [1.82, 2.24) is 0 Å². The quantitative estimate of drug-likeness (QED) is 0.576. The van der Waals surface area contributed by atoms with Crippen molar-refractivity contribution in [3.63, 3.8) is 0 Å². The first-order valence-corrected chi connectivity index (χ1v) is 3.80. The van der Waals surface area contributed by atoms with E-state index in [1.807, 2.05) is 0 Å². The molecular formula is C9H4F2O4-2. The van der Waals surface area contributed by atoms with Gasteiger partial charge in [0, 0.05) is 5.56 Å². The summed E-state index contributed by atoms with van der Waals surface area (Å²) >= 11 is 0. The Morgan fingerprint density at radius 1 is 1.07 bits per heavy atom. The van der Waals surface area contributed by atoms with E-state index in [9.17, 15) is 28.6 Å². The summed E-state index contributed by atoms with van der Waals surface area (Å²) in [6.07, 6.45) is 0. The summed E-state index contributed by atoms with van der Waals surface area (Å²) in [5, 5.41) is 20.8. The van der Waals surface area contributed by atoms with Crippen molar-refractivity contribution in [3.05, 3.63) is 35.4 Å². The molecule has 0 aliphatic heterocycles. The fourth-order valence-corrected chi connectivity index (χ4v) is 1.12. The zero-order chi connectivity index (χ0) is 11.6. The van der Waals surface area contributed by atoms with Gasteiger partial charge in [-0.05, 0) is 12.1 Å². The highest BCUT2D eigenvalue weighted by Crippen LogP contribution is 2.21. The lowest BCUT2D eigenvalue weighted by molar-refractivity contribution is -0.326. The first-order chi connectivity index (χ1) is 6.95. The van der Waals surface area contributed by atoms with Crippen LogP contribution in [0.15, 0.2) is 18.2 Å². The number of carbonyl (C=O) groups is 2. The van der Waals surface area contributed by atoms with E-state index in [4.69, 9.17) is 0 Å². The molecule has 0 fully saturated rings. The van der Waals surface area contributed by atoms with E-state index >= 15 is 0 Å². The highest BCUT2D eigenvalue weighted by Gasteiger charge is 2.22. The molecule has 1 rings (SSSR count). The number of carbonyl (C=O) groups excluding carboxylic acids is 2. The van der Waals surface area contributed by atoms with Crippen molar-refractivity contribution >= 4 is 11.9 Å². The average Bonchev–Trinajstić information content (AvgIpc) is 2.09. The molecule has 0 N–H and O–H groups in total. The van der Waals surface area contributed by atoms with E-state index in [1.165, 1.54) is 0 Å². The van der Waals surface area contributed by atoms with Gasteiger partial charge in [-0.3, -0.25) is 0 Å². The molecule has 0 aliphatic carbocycles. The van der Waals surface area contributed by atoms with Gasteiger partial charge < -0.3 is 19.8 Å². The molecule has 0 bridgehead atoms. The number of halogens is 2. The Balaban J connectivity index is 3.35. The topological polar surface area (TPSA) is 80.3 Å². The van der Waals surface area contributed by atoms with E-state index in [2.05, 4.69) is 0 Å². The molecule has 0 radical (unpaired) electrons. The molecule has 1 aromatic rings. The lowest BCUT2D eigenvalue weighted by Crippen LogP contribution is -2.42. The summed E-state index contributed by atoms with van der Waals surface area (Å²) in [6.45, 7) is 0. The van der Waals surface area contributed by atoms with Crippen molar-refractivity contribution in [2.24, 2.45) is 0 Å². The van der Waals surface area contributed by atoms with Gasteiger partial charge in [-0.15, -0.1) is 0 Å². The highest BCUT2D eigenvalue weighted by atomic mass is 19.1. The summed E-state index contributed by atoms with van der Waals surface area (Å²) in [6, 6.07) is 2.48. The monoisotopic (exact) mass is 214 g/mol. The van der Waals surface area contributed by atoms with E-state index in [0.717, 1.165) is 18.2 Å². The van der Waals surface area contributed by atoms with Crippen LogP contribution in [-0.4, -0.2) is 11.9 Å². The lowest BCUT2D eigenvalue weighted by atomic mass is 9.98. The number of carboxylic acid groups (broad SMARTS) is 2. The number of hydrogen-bond acceptors (Lipinski definition) is 4. The van der Waals surface area contributed by atoms with Crippen LogP contribution in [0.25, 0.3) is 0 Å². The van der Waals surface area contributed by atoms with E-state index in [-0.39, 0.29) is 0 Å². The molecular weight excluding hydrogens is 210 g/mol. The van der Waals surface area contributed by atoms with Crippen LogP contribution in [0.1, 0.15) is 11.5 Å². The molecule has 0 aliphatic rings. The normalized spacial score (nSPS) is 10.3. The highest BCUT2D eigenvalue weighted by molar-refractivity contribution is 5.97. The molecule has 4 nitrogen and oxygen atoms in total. The maximum Gasteiger partial charge on any atom is 0.130 e. The molecule has 0 aromatic heterocycles. The number of carboxylic acids is 2. The number of aliphatic carboxylic acids is 2. The second-order valence-electron chi connectivity index (χ2n) is 2.71. The van der Waals surface area contributed by atoms with Gasteiger partial charge in [0.05, 0.1) is 17.9 Å². The standard InChI is InChI=1S/C9H6F2O4/c10-4-2-1-3-5(11)6(4)7(8(12)13)9(14)15/h1-3,7H,(H,12,13)(H,14,15)/p-2. The first-order valence-electron chi connectivity index (χ1n) is 3.80. The number of rotatable bonds is 3. The van der Waals surface area contributed by atoms with Gasteiger partial charge in [0.1, 0.15) is 11.6 Å². The van der Waals surface area contributed by atoms with Crippen LogP contribution in [0, 0.1) is 11.6 Å². The molecule has 0 saturated carbocycles. The zero-order valence-corrected chi connectivity index (χ0v) is 7.20. The van der Waals surface area contributed by atoms with Gasteiger partial charge in [-0.2, -0.15) is 0 Å². The Kier molecular flexibility index (Phi) is 2.99. The summed E-state index contributed by atoms with van der Waals surface area (Å²) < 4.78 is 26.0. The Hall–Kier alpha value is -1.98. The minimum absolute atomic E-state index is 0.747. The largest absolute Gasteiger partial charge is 0.549 e. The summed E-state index contributed by atoms with van der Waals surface area (Å²) in [5.74, 6) is -9.24. The zero-order valence-electron chi connectivity index (χ0n) is 7.20. The maximum absolute atomic E-state index is 13.0. The minimum atomic E-state index is -2.45. The van der Waals surface area contributed by atoms with Crippen molar-refractivity contribution in [3.8, 4) is 0 Å². The summed E-state index contributed by atoms with van der Waals surface area (Å²) in [5.41, 5.74) is -1.09. The van der Waals surface area contributed by atoms with Crippen molar-refractivity contribution < 1.29 is 28.6 Å². The first kappa shape index (κ1) is 11.1. The fraction of sp³-hybridized carbons (Fsp3) is 0.111. The van der Waals surface area contributed by atoms with Crippen LogP contribution in [0.4, 0.5) is 8.78 Å². The maximum atomic E-state index is 13.0. The van der Waals surface area contributed by atoms with Crippen LogP contribution in [0.2, 0.25) is 0 Å². The molecule has 0 saturated heterocycles. The summed E-state index contributed by atoms with van der Waals surface area (Å²) in [4.78, 5) is 20.8. The van der Waals surface area contributed by atoms with Crippen molar-refractivity contribution in [2.75, 3.05) is 0 Å². The van der Waals surface area contributed by atoms with Gasteiger partial charge in [0.2, 0.25) is 0 Å². The lowest BCUT2D eigenvalue weighted by Gasteiger charge is -2.20. The predicted molar refractivity (Wildman–Crippen MR) is 39.1 cm³/mol.